The molecule has 0 saturated carbocycles. The van der Waals surface area contributed by atoms with Gasteiger partial charge in [0.2, 0.25) is 0 Å². The predicted octanol–water partition coefficient (Wildman–Crippen LogP) is 5.22. The lowest BCUT2D eigenvalue weighted by Crippen LogP contribution is -2.05. The largest absolute Gasteiger partial charge is 0.393 e. The highest BCUT2D eigenvalue weighted by atomic mass is 127. The van der Waals surface area contributed by atoms with Crippen LogP contribution >= 0.6 is 22.6 Å². The number of allylic oxidation sites excluding steroid dienone is 1. The van der Waals surface area contributed by atoms with E-state index in [9.17, 15) is 5.11 Å². The monoisotopic (exact) mass is 338 g/mol. The molecule has 1 N–H and O–H groups in total. The molecule has 1 nitrogen and oxygen atoms in total. The second-order valence-corrected chi connectivity index (χ2v) is 5.89. The molecule has 0 aliphatic heterocycles. The number of aliphatic hydroxyl groups excluding tert-OH is 1. The van der Waals surface area contributed by atoms with Gasteiger partial charge in [-0.1, -0.05) is 52.0 Å². The van der Waals surface area contributed by atoms with E-state index >= 15 is 0 Å². The van der Waals surface area contributed by atoms with Crippen LogP contribution < -0.4 is 0 Å². The SMILES string of the molecule is CCCCC/C=C(\I)CC(O)CCCCC. The Hall–Kier alpha value is 0.430. The highest BCUT2D eigenvalue weighted by molar-refractivity contribution is 14.1. The molecule has 96 valence electrons. The van der Waals surface area contributed by atoms with Crippen LogP contribution in [0.2, 0.25) is 0 Å². The van der Waals surface area contributed by atoms with Crippen molar-refractivity contribution in [1.29, 1.82) is 0 Å². The summed E-state index contributed by atoms with van der Waals surface area (Å²) in [6.07, 6.45) is 12.7. The summed E-state index contributed by atoms with van der Waals surface area (Å²) in [5.41, 5.74) is 0. The summed E-state index contributed by atoms with van der Waals surface area (Å²) in [5.74, 6) is 0. The van der Waals surface area contributed by atoms with E-state index in [0.717, 1.165) is 19.3 Å². The highest BCUT2D eigenvalue weighted by Crippen LogP contribution is 2.18. The third-order valence-electron chi connectivity index (χ3n) is 2.75. The summed E-state index contributed by atoms with van der Waals surface area (Å²) in [5, 5.41) is 9.80. The second kappa shape index (κ2) is 11.9. The van der Waals surface area contributed by atoms with Crippen LogP contribution in [0.3, 0.4) is 0 Å². The van der Waals surface area contributed by atoms with E-state index in [1.165, 1.54) is 42.1 Å². The number of halogens is 1. The number of rotatable bonds is 10. The third kappa shape index (κ3) is 10.9. The molecule has 0 aromatic heterocycles. The quantitative estimate of drug-likeness (QED) is 0.428. The summed E-state index contributed by atoms with van der Waals surface area (Å²) in [4.78, 5) is 0. The number of aliphatic hydroxyl groups is 1. The van der Waals surface area contributed by atoms with E-state index in [4.69, 9.17) is 0 Å². The molecule has 1 atom stereocenters. The molecule has 0 bridgehead atoms. The minimum atomic E-state index is -0.124. The van der Waals surface area contributed by atoms with Gasteiger partial charge in [-0.2, -0.15) is 0 Å². The van der Waals surface area contributed by atoms with Gasteiger partial charge in [-0.3, -0.25) is 0 Å². The van der Waals surface area contributed by atoms with Crippen molar-refractivity contribution in [2.75, 3.05) is 0 Å². The Morgan fingerprint density at radius 1 is 1.12 bits per heavy atom. The third-order valence-corrected chi connectivity index (χ3v) is 3.63. The van der Waals surface area contributed by atoms with Gasteiger partial charge < -0.3 is 5.11 Å². The van der Waals surface area contributed by atoms with E-state index in [0.29, 0.717) is 0 Å². The molecule has 0 aromatic carbocycles. The van der Waals surface area contributed by atoms with Crippen LogP contribution in [0.1, 0.15) is 71.6 Å². The van der Waals surface area contributed by atoms with Gasteiger partial charge in [-0.05, 0) is 45.4 Å². The van der Waals surface area contributed by atoms with Crippen LogP contribution in [-0.4, -0.2) is 11.2 Å². The standard InChI is InChI=1S/C14H27IO/c1-3-5-7-9-10-13(15)12-14(16)11-8-6-4-2/h10,14,16H,3-9,11-12H2,1-2H3/b13-10-. The first kappa shape index (κ1) is 16.4. The fraction of sp³-hybridized carbons (Fsp3) is 0.857. The molecule has 0 saturated heterocycles. The van der Waals surface area contributed by atoms with Gasteiger partial charge in [0.1, 0.15) is 0 Å². The first-order chi connectivity index (χ1) is 7.70. The summed E-state index contributed by atoms with van der Waals surface area (Å²) < 4.78 is 1.33. The lowest BCUT2D eigenvalue weighted by Gasteiger charge is -2.09. The fourth-order valence-corrected chi connectivity index (χ4v) is 2.51. The molecule has 0 radical (unpaired) electrons. The molecule has 0 heterocycles. The van der Waals surface area contributed by atoms with Gasteiger partial charge in [0, 0.05) is 6.42 Å². The minimum absolute atomic E-state index is 0.124. The molecular formula is C14H27IO. The Kier molecular flexibility index (Phi) is 12.2. The molecule has 0 spiro atoms. The van der Waals surface area contributed by atoms with Crippen LogP contribution in [0.25, 0.3) is 0 Å². The number of hydrogen-bond donors (Lipinski definition) is 1. The first-order valence-corrected chi connectivity index (χ1v) is 7.81. The van der Waals surface area contributed by atoms with Crippen molar-refractivity contribution in [3.05, 3.63) is 9.66 Å². The van der Waals surface area contributed by atoms with E-state index in [2.05, 4.69) is 42.5 Å². The zero-order chi connectivity index (χ0) is 12.2. The van der Waals surface area contributed by atoms with Crippen LogP contribution in [0.4, 0.5) is 0 Å². The molecule has 16 heavy (non-hydrogen) atoms. The lowest BCUT2D eigenvalue weighted by atomic mass is 10.1. The zero-order valence-electron chi connectivity index (χ0n) is 10.8. The summed E-state index contributed by atoms with van der Waals surface area (Å²) in [6.45, 7) is 4.43. The summed E-state index contributed by atoms with van der Waals surface area (Å²) in [7, 11) is 0. The first-order valence-electron chi connectivity index (χ1n) is 6.73. The van der Waals surface area contributed by atoms with Crippen LogP contribution in [0.15, 0.2) is 9.66 Å². The maximum Gasteiger partial charge on any atom is 0.0584 e. The molecular weight excluding hydrogens is 311 g/mol. The molecule has 0 aromatic rings. The zero-order valence-corrected chi connectivity index (χ0v) is 13.0. The number of hydrogen-bond acceptors (Lipinski definition) is 1. The fourth-order valence-electron chi connectivity index (χ4n) is 1.69. The van der Waals surface area contributed by atoms with Crippen molar-refractivity contribution < 1.29 is 5.11 Å². The molecule has 0 rings (SSSR count). The van der Waals surface area contributed by atoms with Crippen molar-refractivity contribution in [2.45, 2.75) is 77.7 Å². The van der Waals surface area contributed by atoms with Crippen molar-refractivity contribution in [3.63, 3.8) is 0 Å². The Morgan fingerprint density at radius 3 is 2.38 bits per heavy atom. The second-order valence-electron chi connectivity index (χ2n) is 4.50. The molecule has 0 aliphatic rings. The summed E-state index contributed by atoms with van der Waals surface area (Å²) in [6, 6.07) is 0. The number of unbranched alkanes of at least 4 members (excludes halogenated alkanes) is 5. The molecule has 1 unspecified atom stereocenters. The maximum absolute atomic E-state index is 9.80. The Labute approximate surface area is 115 Å². The Morgan fingerprint density at radius 2 is 1.75 bits per heavy atom. The average Bonchev–Trinajstić information content (AvgIpc) is 2.25. The molecule has 0 amide bonds. The average molecular weight is 338 g/mol. The highest BCUT2D eigenvalue weighted by Gasteiger charge is 2.05. The van der Waals surface area contributed by atoms with Crippen LogP contribution in [-0.2, 0) is 0 Å². The van der Waals surface area contributed by atoms with E-state index in [1.807, 2.05) is 0 Å². The smallest absolute Gasteiger partial charge is 0.0584 e. The van der Waals surface area contributed by atoms with Gasteiger partial charge in [0.25, 0.3) is 0 Å². The normalized spacial score (nSPS) is 14.1. The van der Waals surface area contributed by atoms with Crippen LogP contribution in [0, 0.1) is 0 Å². The van der Waals surface area contributed by atoms with Gasteiger partial charge in [-0.25, -0.2) is 0 Å². The summed E-state index contributed by atoms with van der Waals surface area (Å²) >= 11 is 2.37. The van der Waals surface area contributed by atoms with Gasteiger partial charge in [-0.15, -0.1) is 0 Å². The van der Waals surface area contributed by atoms with Crippen molar-refractivity contribution in [1.82, 2.24) is 0 Å². The van der Waals surface area contributed by atoms with Crippen molar-refractivity contribution in [2.24, 2.45) is 0 Å². The van der Waals surface area contributed by atoms with Crippen molar-refractivity contribution in [3.8, 4) is 0 Å². The van der Waals surface area contributed by atoms with E-state index in [1.54, 1.807) is 0 Å². The minimum Gasteiger partial charge on any atom is -0.393 e. The van der Waals surface area contributed by atoms with Gasteiger partial charge in [0.15, 0.2) is 0 Å². The van der Waals surface area contributed by atoms with E-state index < -0.39 is 0 Å². The van der Waals surface area contributed by atoms with Crippen molar-refractivity contribution >= 4 is 22.6 Å². The van der Waals surface area contributed by atoms with E-state index in [-0.39, 0.29) is 6.10 Å². The van der Waals surface area contributed by atoms with Gasteiger partial charge >= 0.3 is 0 Å². The van der Waals surface area contributed by atoms with Gasteiger partial charge in [0.05, 0.1) is 6.10 Å². The topological polar surface area (TPSA) is 20.2 Å². The molecule has 0 aliphatic carbocycles. The Bertz CT molecular complexity index is 178. The molecule has 2 heteroatoms. The predicted molar refractivity (Wildman–Crippen MR) is 81.0 cm³/mol. The molecule has 0 fully saturated rings. The van der Waals surface area contributed by atoms with Crippen LogP contribution in [0.5, 0.6) is 0 Å². The maximum atomic E-state index is 9.80. The Balaban J connectivity index is 3.55. The lowest BCUT2D eigenvalue weighted by molar-refractivity contribution is 0.163.